The van der Waals surface area contributed by atoms with Gasteiger partial charge < -0.3 is 20.2 Å². The number of nitrogens with zero attached hydrogens (tertiary/aromatic N) is 4. The van der Waals surface area contributed by atoms with E-state index in [2.05, 4.69) is 42.3 Å². The Morgan fingerprint density at radius 2 is 2.39 bits per heavy atom. The summed E-state index contributed by atoms with van der Waals surface area (Å²) < 4.78 is 2.06. The number of amides is 1. The number of nitrogens with one attached hydrogen (secondary N) is 3. The van der Waals surface area contributed by atoms with E-state index >= 15 is 0 Å². The third kappa shape index (κ3) is 3.40. The Labute approximate surface area is 138 Å². The van der Waals surface area contributed by atoms with Crippen LogP contribution in [0, 0.1) is 6.92 Å². The lowest BCUT2D eigenvalue weighted by atomic mass is 10.1. The molecule has 0 aromatic carbocycles. The summed E-state index contributed by atoms with van der Waals surface area (Å²) in [6.45, 7) is 6.22. The molecule has 0 aliphatic carbocycles. The molecule has 1 atom stereocenters. The van der Waals surface area contributed by atoms with Crippen LogP contribution in [0.3, 0.4) is 0 Å². The van der Waals surface area contributed by atoms with E-state index in [0.717, 1.165) is 47.6 Å². The van der Waals surface area contributed by atoms with Crippen molar-refractivity contribution < 1.29 is 4.79 Å². The minimum Gasteiger partial charge on any atom is -0.354 e. The summed E-state index contributed by atoms with van der Waals surface area (Å²) in [4.78, 5) is 19.7. The van der Waals surface area contributed by atoms with Gasteiger partial charge in [-0.05, 0) is 13.8 Å². The first-order chi connectivity index (χ1) is 11.2. The normalized spacial score (nSPS) is 17.0. The molecule has 124 valence electrons. The molecule has 3 heterocycles. The van der Waals surface area contributed by atoms with Crippen molar-refractivity contribution in [1.82, 2.24) is 35.4 Å². The van der Waals surface area contributed by atoms with Crippen molar-refractivity contribution in [1.29, 1.82) is 0 Å². The number of hydrogen-bond acceptors (Lipinski definition) is 6. The fourth-order valence-electron chi connectivity index (χ4n) is 2.69. The maximum absolute atomic E-state index is 12.3. The van der Waals surface area contributed by atoms with Gasteiger partial charge in [0.1, 0.15) is 11.9 Å². The van der Waals surface area contributed by atoms with Crippen molar-refractivity contribution in [3.8, 4) is 0 Å². The molecule has 3 N–H and O–H groups in total. The van der Waals surface area contributed by atoms with Crippen LogP contribution in [0.2, 0.25) is 0 Å². The molecule has 2 aromatic rings. The largest absolute Gasteiger partial charge is 0.354 e. The zero-order chi connectivity index (χ0) is 16.2. The lowest BCUT2D eigenvalue weighted by Gasteiger charge is -2.22. The monoisotopic (exact) mass is 335 g/mol. The molecule has 0 unspecified atom stereocenters. The predicted molar refractivity (Wildman–Crippen MR) is 87.2 cm³/mol. The first kappa shape index (κ1) is 16.0. The van der Waals surface area contributed by atoms with E-state index in [1.165, 1.54) is 0 Å². The Balaban J connectivity index is 1.49. The van der Waals surface area contributed by atoms with Crippen LogP contribution in [0.15, 0.2) is 11.5 Å². The van der Waals surface area contributed by atoms with Crippen LogP contribution < -0.4 is 10.6 Å². The van der Waals surface area contributed by atoms with Crippen LogP contribution in [-0.2, 0) is 17.8 Å². The average Bonchev–Trinajstić information content (AvgIpc) is 3.17. The first-order valence-electron chi connectivity index (χ1n) is 7.76. The molecule has 8 nitrogen and oxygen atoms in total. The minimum atomic E-state index is -0.364. The Hall–Kier alpha value is -1.87. The molecule has 2 aromatic heterocycles. The summed E-state index contributed by atoms with van der Waals surface area (Å²) in [6.07, 6.45) is 2.52. The second-order valence-electron chi connectivity index (χ2n) is 5.32. The predicted octanol–water partition coefficient (Wildman–Crippen LogP) is 0.425. The number of carbonyl (C=O) groups excluding carboxylic acids is 1. The Morgan fingerprint density at radius 1 is 1.52 bits per heavy atom. The summed E-state index contributed by atoms with van der Waals surface area (Å²) in [7, 11) is 0. The maximum atomic E-state index is 12.3. The highest BCUT2D eigenvalue weighted by Crippen LogP contribution is 2.19. The van der Waals surface area contributed by atoms with Gasteiger partial charge in [0.2, 0.25) is 5.91 Å². The number of thioether (sulfide) groups is 1. The van der Waals surface area contributed by atoms with Crippen molar-refractivity contribution in [3.05, 3.63) is 23.5 Å². The van der Waals surface area contributed by atoms with Crippen LogP contribution in [0.25, 0.3) is 0 Å². The van der Waals surface area contributed by atoms with Gasteiger partial charge in [0, 0.05) is 37.5 Å². The van der Waals surface area contributed by atoms with Crippen molar-refractivity contribution in [2.45, 2.75) is 38.0 Å². The molecular weight excluding hydrogens is 314 g/mol. The molecule has 1 aliphatic heterocycles. The van der Waals surface area contributed by atoms with Crippen molar-refractivity contribution in [2.24, 2.45) is 0 Å². The lowest BCUT2D eigenvalue weighted by molar-refractivity contribution is -0.123. The van der Waals surface area contributed by atoms with Gasteiger partial charge >= 0.3 is 0 Å². The fraction of sp³-hybridized carbons (Fsp3) is 0.571. The topological polar surface area (TPSA) is 101 Å². The summed E-state index contributed by atoms with van der Waals surface area (Å²) in [5.74, 6) is 1.63. The van der Waals surface area contributed by atoms with Gasteiger partial charge in [0.25, 0.3) is 0 Å². The first-order valence-corrected chi connectivity index (χ1v) is 8.75. The summed E-state index contributed by atoms with van der Waals surface area (Å²) in [5.41, 5.74) is 1.85. The van der Waals surface area contributed by atoms with Gasteiger partial charge in [-0.3, -0.25) is 4.79 Å². The number of aromatic amines is 1. The number of imidazole rings is 1. The highest BCUT2D eigenvalue weighted by atomic mass is 32.2. The number of fused-ring (bicyclic) bond motifs is 1. The number of rotatable bonds is 6. The number of carbonyl (C=O) groups is 1. The second kappa shape index (κ2) is 7.14. The van der Waals surface area contributed by atoms with Crippen LogP contribution in [0.5, 0.6) is 0 Å². The highest BCUT2D eigenvalue weighted by Gasteiger charge is 2.27. The fourth-order valence-corrected chi connectivity index (χ4v) is 3.59. The molecule has 9 heteroatoms. The number of aryl methyl sites for hydroxylation is 1. The lowest BCUT2D eigenvalue weighted by Crippen LogP contribution is -2.42. The van der Waals surface area contributed by atoms with E-state index in [-0.39, 0.29) is 11.9 Å². The highest BCUT2D eigenvalue weighted by molar-refractivity contribution is 7.99. The van der Waals surface area contributed by atoms with E-state index in [1.807, 2.05) is 6.92 Å². The molecule has 0 radical (unpaired) electrons. The second-order valence-corrected chi connectivity index (χ2v) is 6.38. The Kier molecular flexibility index (Phi) is 4.97. The smallest absolute Gasteiger partial charge is 0.243 e. The number of H-pyrrole nitrogens is 1. The van der Waals surface area contributed by atoms with Gasteiger partial charge in [-0.15, -0.1) is 10.2 Å². The van der Waals surface area contributed by atoms with E-state index in [9.17, 15) is 4.79 Å². The molecule has 1 aliphatic rings. The van der Waals surface area contributed by atoms with Crippen LogP contribution in [0.4, 0.5) is 0 Å². The summed E-state index contributed by atoms with van der Waals surface area (Å²) >= 11 is 1.60. The maximum Gasteiger partial charge on any atom is 0.243 e. The van der Waals surface area contributed by atoms with Gasteiger partial charge in [0.05, 0.1) is 12.0 Å². The Morgan fingerprint density at radius 3 is 3.22 bits per heavy atom. The van der Waals surface area contributed by atoms with Gasteiger partial charge in [0.15, 0.2) is 5.16 Å². The van der Waals surface area contributed by atoms with Gasteiger partial charge in [-0.2, -0.15) is 0 Å². The molecule has 0 saturated heterocycles. The standard InChI is InChI=1S/C14H21N7OS/c1-3-21-9(2)19-20-14(21)23-7-6-16-13(22)12-11-10(4-5-15-12)17-8-18-11/h8,12,15H,3-7H2,1-2H3,(H,16,22)(H,17,18)/t12-/m0/s1. The van der Waals surface area contributed by atoms with Crippen LogP contribution in [-0.4, -0.2) is 49.5 Å². The number of hydrogen-bond donors (Lipinski definition) is 3. The van der Waals surface area contributed by atoms with E-state index in [4.69, 9.17) is 0 Å². The van der Waals surface area contributed by atoms with Crippen molar-refractivity contribution in [3.63, 3.8) is 0 Å². The van der Waals surface area contributed by atoms with Crippen molar-refractivity contribution >= 4 is 17.7 Å². The quantitative estimate of drug-likeness (QED) is 0.523. The minimum absolute atomic E-state index is 0.0354. The molecule has 23 heavy (non-hydrogen) atoms. The van der Waals surface area contributed by atoms with Gasteiger partial charge in [-0.25, -0.2) is 4.98 Å². The number of aromatic nitrogens is 5. The summed E-state index contributed by atoms with van der Waals surface area (Å²) in [5, 5.41) is 15.3. The molecule has 0 spiro atoms. The average molecular weight is 335 g/mol. The SMILES string of the molecule is CCn1c(C)nnc1SCCNC(=O)[C@H]1NCCc2[nH]cnc21. The molecule has 3 rings (SSSR count). The zero-order valence-electron chi connectivity index (χ0n) is 13.3. The third-order valence-corrected chi connectivity index (χ3v) is 4.83. The van der Waals surface area contributed by atoms with E-state index in [1.54, 1.807) is 18.1 Å². The zero-order valence-corrected chi connectivity index (χ0v) is 14.1. The van der Waals surface area contributed by atoms with E-state index < -0.39 is 0 Å². The van der Waals surface area contributed by atoms with Gasteiger partial charge in [-0.1, -0.05) is 11.8 Å². The molecule has 0 fully saturated rings. The third-order valence-electron chi connectivity index (χ3n) is 3.86. The summed E-state index contributed by atoms with van der Waals surface area (Å²) in [6, 6.07) is -0.364. The van der Waals surface area contributed by atoms with Crippen LogP contribution in [0.1, 0.15) is 30.2 Å². The molecular formula is C14H21N7OS. The molecule has 0 saturated carbocycles. The van der Waals surface area contributed by atoms with E-state index in [0.29, 0.717) is 6.54 Å². The molecule has 0 bridgehead atoms. The van der Waals surface area contributed by atoms with Crippen LogP contribution >= 0.6 is 11.8 Å². The van der Waals surface area contributed by atoms with Crippen molar-refractivity contribution in [2.75, 3.05) is 18.8 Å². The Bertz CT molecular complexity index is 680. The molecule has 1 amide bonds.